The molecule has 1 aliphatic rings. The van der Waals surface area contributed by atoms with Crippen molar-refractivity contribution in [3.8, 4) is 11.5 Å². The standard InChI is InChI=1S/C34H43ClF2N2O4/c1-5-42-28-18-27(30(35)31(43-6-2)29(28)23(4)40)22(3)26(15-11-10-14-24-12-8-7-9-13-24)32(41)39-33(20-34(36,37)21-33)25-16-17-38-19-25/h7-9,12-13,16-19,22-23,26,38,40H,5-6,10-11,14-15,20-21H2,1-4H3,(H,39,41)/t22-,23?,26?/m0/s1. The normalized spacial score (nSPS) is 17.4. The van der Waals surface area contributed by atoms with Gasteiger partial charge in [0.1, 0.15) is 11.5 Å². The van der Waals surface area contributed by atoms with Gasteiger partial charge in [0.25, 0.3) is 5.92 Å². The van der Waals surface area contributed by atoms with Crippen LogP contribution in [0.5, 0.6) is 11.5 Å². The van der Waals surface area contributed by atoms with Crippen molar-refractivity contribution in [1.82, 2.24) is 10.3 Å². The molecule has 6 nitrogen and oxygen atoms in total. The summed E-state index contributed by atoms with van der Waals surface area (Å²) in [5.41, 5.74) is 1.82. The summed E-state index contributed by atoms with van der Waals surface area (Å²) in [5, 5.41) is 13.9. The highest BCUT2D eigenvalue weighted by atomic mass is 35.5. The Morgan fingerprint density at radius 2 is 1.79 bits per heavy atom. The lowest BCUT2D eigenvalue weighted by Crippen LogP contribution is -2.60. The molecule has 2 aromatic carbocycles. The second-order valence-electron chi connectivity index (χ2n) is 11.6. The van der Waals surface area contributed by atoms with Crippen molar-refractivity contribution in [3.05, 3.63) is 82.1 Å². The molecule has 1 heterocycles. The number of aliphatic hydroxyl groups is 1. The minimum atomic E-state index is -2.85. The Morgan fingerprint density at radius 1 is 1.09 bits per heavy atom. The monoisotopic (exact) mass is 616 g/mol. The average molecular weight is 617 g/mol. The van der Waals surface area contributed by atoms with Gasteiger partial charge >= 0.3 is 0 Å². The zero-order chi connectivity index (χ0) is 31.2. The third kappa shape index (κ3) is 7.52. The number of carbonyl (C=O) groups excluding carboxylic acids is 1. The first kappa shape index (κ1) is 32.8. The zero-order valence-electron chi connectivity index (χ0n) is 25.4. The molecule has 0 aliphatic heterocycles. The Kier molecular flexibility index (Phi) is 10.8. The number of nitrogens with one attached hydrogen (secondary N) is 2. The molecular formula is C34H43ClF2N2O4. The summed E-state index contributed by atoms with van der Waals surface area (Å²) in [6.07, 6.45) is 4.56. The van der Waals surface area contributed by atoms with Crippen LogP contribution in [0.4, 0.5) is 8.78 Å². The van der Waals surface area contributed by atoms with Crippen molar-refractivity contribution in [3.63, 3.8) is 0 Å². The van der Waals surface area contributed by atoms with Crippen LogP contribution in [0.15, 0.2) is 54.9 Å². The molecule has 3 N–H and O–H groups in total. The molecule has 43 heavy (non-hydrogen) atoms. The number of rotatable bonds is 15. The highest BCUT2D eigenvalue weighted by molar-refractivity contribution is 6.33. The van der Waals surface area contributed by atoms with Crippen molar-refractivity contribution >= 4 is 17.5 Å². The van der Waals surface area contributed by atoms with Crippen LogP contribution in [0.2, 0.25) is 5.02 Å². The number of amides is 1. The van der Waals surface area contributed by atoms with Crippen molar-refractivity contribution in [2.24, 2.45) is 5.92 Å². The van der Waals surface area contributed by atoms with E-state index >= 15 is 0 Å². The van der Waals surface area contributed by atoms with Crippen LogP contribution >= 0.6 is 11.6 Å². The quantitative estimate of drug-likeness (QED) is 0.151. The van der Waals surface area contributed by atoms with Gasteiger partial charge in [-0.25, -0.2) is 8.78 Å². The Hall–Kier alpha value is -3.10. The second kappa shape index (κ2) is 14.1. The summed E-state index contributed by atoms with van der Waals surface area (Å²) in [7, 11) is 0. The van der Waals surface area contributed by atoms with E-state index < -0.39 is 42.2 Å². The summed E-state index contributed by atoms with van der Waals surface area (Å²) in [4.78, 5) is 17.1. The lowest BCUT2D eigenvalue weighted by atomic mass is 9.69. The molecule has 3 aromatic rings. The molecular weight excluding hydrogens is 574 g/mol. The number of alkyl halides is 2. The third-order valence-electron chi connectivity index (χ3n) is 8.39. The summed E-state index contributed by atoms with van der Waals surface area (Å²) in [6.45, 7) is 7.90. The van der Waals surface area contributed by atoms with E-state index in [9.17, 15) is 18.7 Å². The number of benzene rings is 2. The first-order valence-corrected chi connectivity index (χ1v) is 15.6. The van der Waals surface area contributed by atoms with E-state index in [2.05, 4.69) is 22.4 Å². The molecule has 1 aliphatic carbocycles. The number of carbonyl (C=O) groups is 1. The number of hydrogen-bond donors (Lipinski definition) is 3. The summed E-state index contributed by atoms with van der Waals surface area (Å²) in [5.74, 6) is -3.35. The number of hydrogen-bond acceptors (Lipinski definition) is 4. The maximum absolute atomic E-state index is 14.3. The molecule has 9 heteroatoms. The lowest BCUT2D eigenvalue weighted by Gasteiger charge is -2.48. The number of aromatic nitrogens is 1. The van der Waals surface area contributed by atoms with Crippen LogP contribution in [0.1, 0.15) is 94.1 Å². The molecule has 0 radical (unpaired) electrons. The molecule has 0 bridgehead atoms. The third-order valence-corrected chi connectivity index (χ3v) is 8.78. The SMILES string of the molecule is CCOc1cc([C@@H](C)C(CCCCc2ccccc2)C(=O)NC2(c3cc[nH]c3)CC(F)(F)C2)c(Cl)c(OCC)c1C(C)O. The van der Waals surface area contributed by atoms with E-state index in [4.69, 9.17) is 21.1 Å². The fourth-order valence-corrected chi connectivity index (χ4v) is 6.62. The van der Waals surface area contributed by atoms with Crippen LogP contribution in [0.3, 0.4) is 0 Å². The Labute approximate surface area is 258 Å². The van der Waals surface area contributed by atoms with E-state index in [1.54, 1.807) is 31.5 Å². The van der Waals surface area contributed by atoms with Crippen molar-refractivity contribution in [1.29, 1.82) is 0 Å². The smallest absolute Gasteiger partial charge is 0.253 e. The number of unbranched alkanes of at least 4 members (excludes halogenated alkanes) is 1. The van der Waals surface area contributed by atoms with E-state index in [0.29, 0.717) is 52.8 Å². The highest BCUT2D eigenvalue weighted by Gasteiger charge is 2.58. The molecule has 4 rings (SSSR count). The van der Waals surface area contributed by atoms with E-state index in [1.165, 1.54) is 5.56 Å². The number of aliphatic hydroxyl groups excluding tert-OH is 1. The molecule has 234 valence electrons. The van der Waals surface area contributed by atoms with Gasteiger partial charge in [-0.05, 0) is 74.8 Å². The van der Waals surface area contributed by atoms with Crippen LogP contribution < -0.4 is 14.8 Å². The Morgan fingerprint density at radius 3 is 2.37 bits per heavy atom. The van der Waals surface area contributed by atoms with Gasteiger partial charge in [0.05, 0.1) is 35.4 Å². The zero-order valence-corrected chi connectivity index (χ0v) is 26.1. The van der Waals surface area contributed by atoms with Gasteiger partial charge in [-0.3, -0.25) is 4.79 Å². The average Bonchev–Trinajstić information content (AvgIpc) is 3.49. The Bertz CT molecular complexity index is 1340. The van der Waals surface area contributed by atoms with Gasteiger partial charge in [0, 0.05) is 31.2 Å². The lowest BCUT2D eigenvalue weighted by molar-refractivity contribution is -0.152. The summed E-state index contributed by atoms with van der Waals surface area (Å²) < 4.78 is 40.4. The molecule has 1 amide bonds. The second-order valence-corrected chi connectivity index (χ2v) is 11.9. The maximum atomic E-state index is 14.3. The minimum Gasteiger partial charge on any atom is -0.493 e. The number of H-pyrrole nitrogens is 1. The molecule has 1 fully saturated rings. The number of aryl methyl sites for hydroxylation is 1. The largest absolute Gasteiger partial charge is 0.493 e. The molecule has 0 saturated heterocycles. The summed E-state index contributed by atoms with van der Waals surface area (Å²) in [6, 6.07) is 13.7. The van der Waals surface area contributed by atoms with Gasteiger partial charge < -0.3 is 24.9 Å². The molecule has 1 aromatic heterocycles. The number of aromatic amines is 1. The molecule has 3 atom stereocenters. The fraction of sp³-hybridized carbons (Fsp3) is 0.500. The van der Waals surface area contributed by atoms with Gasteiger partial charge in [-0.15, -0.1) is 0 Å². The van der Waals surface area contributed by atoms with Crippen molar-refractivity contribution < 1.29 is 28.2 Å². The molecule has 1 saturated carbocycles. The van der Waals surface area contributed by atoms with Gasteiger partial charge in [-0.1, -0.05) is 55.3 Å². The van der Waals surface area contributed by atoms with E-state index in [0.717, 1.165) is 19.3 Å². The van der Waals surface area contributed by atoms with Crippen molar-refractivity contribution in [2.45, 2.75) is 89.7 Å². The number of halogens is 3. The van der Waals surface area contributed by atoms with E-state index in [-0.39, 0.29) is 5.91 Å². The van der Waals surface area contributed by atoms with Crippen LogP contribution in [0.25, 0.3) is 0 Å². The molecule has 2 unspecified atom stereocenters. The molecule has 0 spiro atoms. The fourth-order valence-electron chi connectivity index (χ4n) is 6.24. The first-order valence-electron chi connectivity index (χ1n) is 15.2. The highest BCUT2D eigenvalue weighted by Crippen LogP contribution is 2.52. The van der Waals surface area contributed by atoms with Crippen LogP contribution in [-0.4, -0.2) is 35.1 Å². The van der Waals surface area contributed by atoms with E-state index in [1.807, 2.05) is 39.0 Å². The minimum absolute atomic E-state index is 0.296. The van der Waals surface area contributed by atoms with Gasteiger partial charge in [0.15, 0.2) is 0 Å². The maximum Gasteiger partial charge on any atom is 0.253 e. The number of ether oxygens (including phenoxy) is 2. The predicted molar refractivity (Wildman–Crippen MR) is 165 cm³/mol. The van der Waals surface area contributed by atoms with Crippen LogP contribution in [0, 0.1) is 5.92 Å². The van der Waals surface area contributed by atoms with Gasteiger partial charge in [0.2, 0.25) is 5.91 Å². The van der Waals surface area contributed by atoms with Gasteiger partial charge in [-0.2, -0.15) is 0 Å². The summed E-state index contributed by atoms with van der Waals surface area (Å²) >= 11 is 6.96. The first-order chi connectivity index (χ1) is 20.5. The Balaban J connectivity index is 1.67. The predicted octanol–water partition coefficient (Wildman–Crippen LogP) is 8.09. The van der Waals surface area contributed by atoms with Crippen LogP contribution in [-0.2, 0) is 16.8 Å². The topological polar surface area (TPSA) is 83.6 Å². The van der Waals surface area contributed by atoms with Crippen molar-refractivity contribution in [2.75, 3.05) is 13.2 Å².